The van der Waals surface area contributed by atoms with E-state index in [4.69, 9.17) is 0 Å². The van der Waals surface area contributed by atoms with Gasteiger partial charge in [-0.05, 0) is 40.8 Å². The summed E-state index contributed by atoms with van der Waals surface area (Å²) >= 11 is 0. The van der Waals surface area contributed by atoms with Crippen LogP contribution in [0.4, 0.5) is 13.2 Å². The van der Waals surface area contributed by atoms with E-state index in [1.165, 1.54) is 41.4 Å². The summed E-state index contributed by atoms with van der Waals surface area (Å²) in [5, 5.41) is 12.7. The highest BCUT2D eigenvalue weighted by atomic mass is 19.1. The Hall–Kier alpha value is -3.69. The molecule has 0 bridgehead atoms. The number of amides is 2. The first kappa shape index (κ1) is 24.4. The summed E-state index contributed by atoms with van der Waals surface area (Å²) in [5.41, 5.74) is 1.87. The van der Waals surface area contributed by atoms with Crippen LogP contribution < -0.4 is 5.32 Å². The number of hydrogen-bond donors (Lipinski definition) is 2. The predicted molar refractivity (Wildman–Crippen MR) is 122 cm³/mol. The molecule has 10 heteroatoms. The lowest BCUT2D eigenvalue weighted by Gasteiger charge is -2.27. The number of rotatable bonds is 7. The number of nitrogens with one attached hydrogen (secondary N) is 2. The lowest BCUT2D eigenvalue weighted by atomic mass is 9.94. The number of aromatic nitrogens is 3. The minimum atomic E-state index is -1.36. The number of aromatic amines is 1. The molecule has 1 saturated heterocycles. The van der Waals surface area contributed by atoms with Crippen LogP contribution in [-0.4, -0.2) is 50.9 Å². The third kappa shape index (κ3) is 5.52. The highest BCUT2D eigenvalue weighted by molar-refractivity contribution is 5.89. The Morgan fingerprint density at radius 3 is 2.49 bits per heavy atom. The van der Waals surface area contributed by atoms with E-state index in [1.54, 1.807) is 12.1 Å². The van der Waals surface area contributed by atoms with Gasteiger partial charge >= 0.3 is 0 Å². The Bertz CT molecular complexity index is 1180. The van der Waals surface area contributed by atoms with Gasteiger partial charge in [-0.2, -0.15) is 15.4 Å². The number of carbonyl (C=O) groups is 2. The number of alkyl halides is 1. The summed E-state index contributed by atoms with van der Waals surface area (Å²) in [4.78, 5) is 27.3. The van der Waals surface area contributed by atoms with Gasteiger partial charge in [0.05, 0.1) is 30.9 Å². The fourth-order valence-electron chi connectivity index (χ4n) is 4.32. The number of likely N-dealkylation sites (tertiary alicyclic amines) is 1. The van der Waals surface area contributed by atoms with Crippen molar-refractivity contribution in [3.05, 3.63) is 82.7 Å². The molecule has 3 aromatic rings. The fourth-order valence-corrected chi connectivity index (χ4v) is 4.32. The molecule has 1 aliphatic heterocycles. The smallest absolute Gasteiger partial charge is 0.243 e. The van der Waals surface area contributed by atoms with Crippen molar-refractivity contribution >= 4 is 11.8 Å². The normalized spacial score (nSPS) is 18.6. The van der Waals surface area contributed by atoms with Gasteiger partial charge in [-0.3, -0.25) is 9.59 Å². The van der Waals surface area contributed by atoms with E-state index in [-0.39, 0.29) is 25.3 Å². The van der Waals surface area contributed by atoms with Gasteiger partial charge in [0.1, 0.15) is 23.8 Å². The maximum Gasteiger partial charge on any atom is 0.243 e. The Morgan fingerprint density at radius 2 is 1.86 bits per heavy atom. The van der Waals surface area contributed by atoms with Crippen LogP contribution in [0.15, 0.2) is 48.7 Å². The molecule has 0 saturated carbocycles. The van der Waals surface area contributed by atoms with Crippen molar-refractivity contribution in [2.45, 2.75) is 50.9 Å². The standard InChI is InChI=1S/C25H26F3N5O2/c1-14(2)20-8-5-16(9-21(20)28)24(15-3-6-17(26)7-4-15)30-25(35)22-10-18(27)13-33(22)23(34)11-19-12-29-32-31-19/h3-9,12,14,18,22,24H,10-11,13H2,1-2H3,(H,30,35)(H,29,31,32)/t18-,22+,24+/m1/s1. The number of nitrogens with zero attached hydrogens (tertiary/aromatic N) is 3. The van der Waals surface area contributed by atoms with Crippen molar-refractivity contribution in [2.24, 2.45) is 0 Å². The Labute approximate surface area is 200 Å². The minimum absolute atomic E-state index is 0.0350. The number of H-pyrrole nitrogens is 1. The molecule has 1 aliphatic rings. The second-order valence-corrected chi connectivity index (χ2v) is 8.96. The first-order valence-electron chi connectivity index (χ1n) is 11.4. The van der Waals surface area contributed by atoms with E-state index in [1.807, 2.05) is 13.8 Å². The summed E-state index contributed by atoms with van der Waals surface area (Å²) in [6.45, 7) is 3.53. The molecule has 184 valence electrons. The quantitative estimate of drug-likeness (QED) is 0.535. The van der Waals surface area contributed by atoms with Crippen molar-refractivity contribution in [2.75, 3.05) is 6.54 Å². The van der Waals surface area contributed by atoms with E-state index in [0.717, 1.165) is 0 Å². The van der Waals surface area contributed by atoms with Crippen LogP contribution in [0, 0.1) is 11.6 Å². The van der Waals surface area contributed by atoms with Crippen LogP contribution in [0.5, 0.6) is 0 Å². The molecule has 2 N–H and O–H groups in total. The summed E-state index contributed by atoms with van der Waals surface area (Å²) < 4.78 is 42.7. The average molecular weight is 486 g/mol. The largest absolute Gasteiger partial charge is 0.343 e. The zero-order valence-electron chi connectivity index (χ0n) is 19.3. The molecule has 2 heterocycles. The van der Waals surface area contributed by atoms with Crippen LogP contribution in [0.2, 0.25) is 0 Å². The molecule has 3 atom stereocenters. The topological polar surface area (TPSA) is 91.0 Å². The van der Waals surface area contributed by atoms with Gasteiger partial charge in [-0.25, -0.2) is 13.2 Å². The van der Waals surface area contributed by atoms with Gasteiger partial charge in [-0.1, -0.05) is 38.1 Å². The van der Waals surface area contributed by atoms with Gasteiger partial charge in [0.2, 0.25) is 11.8 Å². The molecule has 0 spiro atoms. The first-order valence-corrected chi connectivity index (χ1v) is 11.4. The van der Waals surface area contributed by atoms with Crippen molar-refractivity contribution in [1.82, 2.24) is 25.6 Å². The van der Waals surface area contributed by atoms with Gasteiger partial charge in [0.15, 0.2) is 0 Å². The molecule has 1 aromatic heterocycles. The van der Waals surface area contributed by atoms with Gasteiger partial charge in [-0.15, -0.1) is 0 Å². The van der Waals surface area contributed by atoms with Gasteiger partial charge < -0.3 is 10.2 Å². The Kier molecular flexibility index (Phi) is 7.18. The summed E-state index contributed by atoms with van der Waals surface area (Å²) in [5.74, 6) is -1.95. The maximum atomic E-state index is 14.8. The number of halogens is 3. The van der Waals surface area contributed by atoms with Crippen LogP contribution >= 0.6 is 0 Å². The number of carbonyl (C=O) groups excluding carboxylic acids is 2. The Morgan fingerprint density at radius 1 is 1.14 bits per heavy atom. The lowest BCUT2D eigenvalue weighted by molar-refractivity contribution is -0.138. The molecule has 0 radical (unpaired) electrons. The molecule has 1 fully saturated rings. The first-order chi connectivity index (χ1) is 16.7. The zero-order chi connectivity index (χ0) is 25.1. The summed E-state index contributed by atoms with van der Waals surface area (Å²) in [6, 6.07) is 8.29. The van der Waals surface area contributed by atoms with E-state index >= 15 is 0 Å². The molecule has 2 aromatic carbocycles. The van der Waals surface area contributed by atoms with E-state index < -0.39 is 41.7 Å². The molecule has 2 amide bonds. The van der Waals surface area contributed by atoms with E-state index in [0.29, 0.717) is 22.4 Å². The monoisotopic (exact) mass is 485 g/mol. The fraction of sp³-hybridized carbons (Fsp3) is 0.360. The molecular weight excluding hydrogens is 459 g/mol. The Balaban J connectivity index is 1.60. The third-order valence-corrected chi connectivity index (χ3v) is 6.14. The molecule has 0 aliphatic carbocycles. The second-order valence-electron chi connectivity index (χ2n) is 8.96. The van der Waals surface area contributed by atoms with Gasteiger partial charge in [0, 0.05) is 6.42 Å². The van der Waals surface area contributed by atoms with Crippen LogP contribution in [0.3, 0.4) is 0 Å². The summed E-state index contributed by atoms with van der Waals surface area (Å²) in [6.07, 6.45) is -0.265. The lowest BCUT2D eigenvalue weighted by Crippen LogP contribution is -2.47. The SMILES string of the molecule is CC(C)c1ccc([C@@H](NC(=O)[C@@H]2C[C@@H](F)CN2C(=O)Cc2cn[nH]n2)c2ccc(F)cc2)cc1F. The molecule has 4 rings (SSSR count). The van der Waals surface area contributed by atoms with Crippen molar-refractivity contribution in [1.29, 1.82) is 0 Å². The second kappa shape index (κ2) is 10.3. The van der Waals surface area contributed by atoms with E-state index in [2.05, 4.69) is 20.7 Å². The zero-order valence-corrected chi connectivity index (χ0v) is 19.3. The highest BCUT2D eigenvalue weighted by Crippen LogP contribution is 2.29. The molecule has 0 unspecified atom stereocenters. The molecule has 7 nitrogen and oxygen atoms in total. The minimum Gasteiger partial charge on any atom is -0.343 e. The third-order valence-electron chi connectivity index (χ3n) is 6.14. The van der Waals surface area contributed by atoms with Crippen LogP contribution in [0.1, 0.15) is 54.6 Å². The predicted octanol–water partition coefficient (Wildman–Crippen LogP) is 3.59. The maximum absolute atomic E-state index is 14.8. The van der Waals surface area contributed by atoms with E-state index in [9.17, 15) is 22.8 Å². The van der Waals surface area contributed by atoms with Crippen LogP contribution in [0.25, 0.3) is 0 Å². The highest BCUT2D eigenvalue weighted by Gasteiger charge is 2.40. The van der Waals surface area contributed by atoms with Gasteiger partial charge in [0.25, 0.3) is 0 Å². The van der Waals surface area contributed by atoms with Crippen molar-refractivity contribution < 1.29 is 22.8 Å². The molecular formula is C25H26F3N5O2. The van der Waals surface area contributed by atoms with Crippen LogP contribution in [-0.2, 0) is 16.0 Å². The van der Waals surface area contributed by atoms with Crippen molar-refractivity contribution in [3.63, 3.8) is 0 Å². The van der Waals surface area contributed by atoms with Crippen molar-refractivity contribution in [3.8, 4) is 0 Å². The number of benzene rings is 2. The summed E-state index contributed by atoms with van der Waals surface area (Å²) in [7, 11) is 0. The number of hydrogen-bond acceptors (Lipinski definition) is 4. The average Bonchev–Trinajstić information content (AvgIpc) is 3.47. The molecule has 35 heavy (non-hydrogen) atoms.